The highest BCUT2D eigenvalue weighted by molar-refractivity contribution is 6.01. The van der Waals surface area contributed by atoms with Crippen LogP contribution in [0.4, 0.5) is 9.18 Å². The zero-order chi connectivity index (χ0) is 30.6. The smallest absolute Gasteiger partial charge is 0.408 e. The number of fused-ring (bicyclic) bond motifs is 3. The van der Waals surface area contributed by atoms with Crippen LogP contribution in [-0.4, -0.2) is 78.5 Å². The molecule has 3 aromatic heterocycles. The van der Waals surface area contributed by atoms with E-state index < -0.39 is 30.4 Å². The summed E-state index contributed by atoms with van der Waals surface area (Å²) in [6.07, 6.45) is 2.08. The zero-order valence-electron chi connectivity index (χ0n) is 24.7. The van der Waals surface area contributed by atoms with Gasteiger partial charge in [-0.05, 0) is 81.8 Å². The Kier molecular flexibility index (Phi) is 7.10. The van der Waals surface area contributed by atoms with E-state index in [0.717, 1.165) is 41.5 Å². The number of aromatic nitrogens is 4. The fourth-order valence-corrected chi connectivity index (χ4v) is 5.67. The third kappa shape index (κ3) is 5.65. The SMILES string of the molecule is Cn1c(-c2cc3ccc(C(=O)O)nc3n2CC2CC2)nc2cc3c(cc21)CCN(CC(CF)NC(=O)OC(C)(C)C)C3=O. The summed E-state index contributed by atoms with van der Waals surface area (Å²) < 4.78 is 23.1. The number of benzene rings is 1. The van der Waals surface area contributed by atoms with Gasteiger partial charge in [0.25, 0.3) is 5.91 Å². The molecule has 11 nitrogen and oxygen atoms in total. The van der Waals surface area contributed by atoms with E-state index in [4.69, 9.17) is 9.72 Å². The first kappa shape index (κ1) is 28.6. The number of aromatic carboxylic acids is 1. The van der Waals surface area contributed by atoms with Crippen LogP contribution in [-0.2, 0) is 24.8 Å². The minimum atomic E-state index is -1.08. The maximum absolute atomic E-state index is 13.8. The highest BCUT2D eigenvalue weighted by Gasteiger charge is 2.30. The molecule has 226 valence electrons. The lowest BCUT2D eigenvalue weighted by molar-refractivity contribution is 0.0465. The molecular formula is C31H35FN6O5. The topological polar surface area (TPSA) is 132 Å². The van der Waals surface area contributed by atoms with Crippen LogP contribution in [0.1, 0.15) is 60.0 Å². The predicted molar refractivity (Wildman–Crippen MR) is 158 cm³/mol. The van der Waals surface area contributed by atoms with Gasteiger partial charge in [-0.1, -0.05) is 0 Å². The van der Waals surface area contributed by atoms with E-state index in [1.807, 2.05) is 23.7 Å². The number of hydrogen-bond acceptors (Lipinski definition) is 6. The molecule has 2 N–H and O–H groups in total. The molecule has 1 aromatic carbocycles. The maximum atomic E-state index is 13.8. The molecule has 6 rings (SSSR count). The van der Waals surface area contributed by atoms with Crippen molar-refractivity contribution in [1.29, 1.82) is 0 Å². The van der Waals surface area contributed by atoms with Gasteiger partial charge in [0.2, 0.25) is 0 Å². The third-order valence-corrected chi connectivity index (χ3v) is 7.95. The minimum Gasteiger partial charge on any atom is -0.477 e. The second-order valence-corrected chi connectivity index (χ2v) is 12.5. The van der Waals surface area contributed by atoms with Gasteiger partial charge < -0.3 is 29.2 Å². The lowest BCUT2D eigenvalue weighted by Gasteiger charge is -2.31. The number of nitrogens with zero attached hydrogens (tertiary/aromatic N) is 5. The molecule has 2 aliphatic rings. The van der Waals surface area contributed by atoms with Crippen molar-refractivity contribution in [1.82, 2.24) is 29.3 Å². The number of halogens is 1. The van der Waals surface area contributed by atoms with Crippen LogP contribution in [0.15, 0.2) is 30.3 Å². The Bertz CT molecular complexity index is 1770. The molecule has 1 aliphatic heterocycles. The average Bonchev–Trinajstić information content (AvgIpc) is 3.62. The van der Waals surface area contributed by atoms with E-state index in [2.05, 4.69) is 14.9 Å². The summed E-state index contributed by atoms with van der Waals surface area (Å²) in [6.45, 7) is 5.47. The molecule has 43 heavy (non-hydrogen) atoms. The average molecular weight is 591 g/mol. The zero-order valence-corrected chi connectivity index (χ0v) is 24.7. The summed E-state index contributed by atoms with van der Waals surface area (Å²) in [5, 5.41) is 12.9. The Morgan fingerprint density at radius 1 is 1.19 bits per heavy atom. The molecular weight excluding hydrogens is 555 g/mol. The monoisotopic (exact) mass is 590 g/mol. The lowest BCUT2D eigenvalue weighted by Crippen LogP contribution is -2.50. The molecule has 4 heterocycles. The summed E-state index contributed by atoms with van der Waals surface area (Å²) in [7, 11) is 1.93. The number of nitrogens with one attached hydrogen (secondary N) is 1. The molecule has 0 bridgehead atoms. The molecule has 0 saturated heterocycles. The highest BCUT2D eigenvalue weighted by atomic mass is 19.1. The molecule has 12 heteroatoms. The molecule has 4 aromatic rings. The fraction of sp³-hybridized carbons (Fsp3) is 0.452. The number of carboxylic acid groups (broad SMARTS) is 1. The minimum absolute atomic E-state index is 0.00812. The van der Waals surface area contributed by atoms with Crippen molar-refractivity contribution >= 4 is 40.0 Å². The number of carboxylic acids is 1. The maximum Gasteiger partial charge on any atom is 0.408 e. The number of amides is 2. The Morgan fingerprint density at radius 3 is 2.63 bits per heavy atom. The van der Waals surface area contributed by atoms with Crippen molar-refractivity contribution in [2.45, 2.75) is 58.2 Å². The van der Waals surface area contributed by atoms with Crippen LogP contribution < -0.4 is 5.32 Å². The van der Waals surface area contributed by atoms with E-state index in [9.17, 15) is 23.9 Å². The fourth-order valence-electron chi connectivity index (χ4n) is 5.67. The van der Waals surface area contributed by atoms with E-state index in [1.165, 1.54) is 6.07 Å². The Morgan fingerprint density at radius 2 is 1.95 bits per heavy atom. The van der Waals surface area contributed by atoms with Crippen LogP contribution in [0.3, 0.4) is 0 Å². The van der Waals surface area contributed by atoms with Crippen molar-refractivity contribution < 1.29 is 28.6 Å². The summed E-state index contributed by atoms with van der Waals surface area (Å²) in [5.41, 5.74) is 3.61. The first-order valence-corrected chi connectivity index (χ1v) is 14.5. The molecule has 2 amide bonds. The molecule has 1 saturated carbocycles. The van der Waals surface area contributed by atoms with E-state index >= 15 is 0 Å². The van der Waals surface area contributed by atoms with Crippen molar-refractivity contribution in [3.63, 3.8) is 0 Å². The van der Waals surface area contributed by atoms with Crippen LogP contribution in [0.5, 0.6) is 0 Å². The normalized spacial score (nSPS) is 16.0. The number of pyridine rings is 1. The molecule has 1 unspecified atom stereocenters. The number of ether oxygens (including phenoxy) is 1. The third-order valence-electron chi connectivity index (χ3n) is 7.95. The number of aryl methyl sites for hydroxylation is 1. The van der Waals surface area contributed by atoms with Crippen molar-refractivity contribution in [2.75, 3.05) is 19.8 Å². The van der Waals surface area contributed by atoms with Crippen molar-refractivity contribution in [3.05, 3.63) is 47.2 Å². The van der Waals surface area contributed by atoms with Gasteiger partial charge in [0, 0.05) is 37.6 Å². The van der Waals surface area contributed by atoms with Gasteiger partial charge in [0.05, 0.1) is 22.8 Å². The molecule has 1 atom stereocenters. The number of rotatable bonds is 8. The van der Waals surface area contributed by atoms with Crippen molar-refractivity contribution in [2.24, 2.45) is 13.0 Å². The first-order valence-electron chi connectivity index (χ1n) is 14.5. The van der Waals surface area contributed by atoms with Crippen LogP contribution in [0, 0.1) is 5.92 Å². The lowest BCUT2D eigenvalue weighted by atomic mass is 9.97. The van der Waals surface area contributed by atoms with Crippen LogP contribution >= 0.6 is 0 Å². The Labute approximate surface area is 247 Å². The van der Waals surface area contributed by atoms with Crippen molar-refractivity contribution in [3.8, 4) is 11.5 Å². The molecule has 0 spiro atoms. The van der Waals surface area contributed by atoms with E-state index in [-0.39, 0.29) is 18.1 Å². The number of carbonyl (C=O) groups excluding carboxylic acids is 2. The largest absolute Gasteiger partial charge is 0.477 e. The highest BCUT2D eigenvalue weighted by Crippen LogP contribution is 2.36. The van der Waals surface area contributed by atoms with Gasteiger partial charge in [-0.2, -0.15) is 0 Å². The van der Waals surface area contributed by atoms with Crippen LogP contribution in [0.2, 0.25) is 0 Å². The molecule has 1 aliphatic carbocycles. The summed E-state index contributed by atoms with van der Waals surface area (Å²) in [5.74, 6) is -0.120. The van der Waals surface area contributed by atoms with Gasteiger partial charge in [0.1, 0.15) is 17.9 Å². The summed E-state index contributed by atoms with van der Waals surface area (Å²) in [4.78, 5) is 48.3. The van der Waals surface area contributed by atoms with Gasteiger partial charge in [0.15, 0.2) is 11.5 Å². The summed E-state index contributed by atoms with van der Waals surface area (Å²) in [6, 6.07) is 8.13. The Balaban J connectivity index is 1.31. The number of hydrogen-bond donors (Lipinski definition) is 2. The van der Waals surface area contributed by atoms with E-state index in [1.54, 1.807) is 37.8 Å². The molecule has 0 radical (unpaired) electrons. The number of carbonyl (C=O) groups is 3. The number of imidazole rings is 1. The van der Waals surface area contributed by atoms with Gasteiger partial charge in [-0.3, -0.25) is 4.79 Å². The standard InChI is InChI=1S/C31H35FN6O5/c1-31(2,3)43-30(42)33-20(14-32)16-37-10-9-18-11-24-23(13-21(18)28(37)39)35-27(36(24)4)25-12-19-7-8-22(29(40)41)34-26(19)38(25)15-17-5-6-17/h7-8,11-13,17,20H,5-6,9-10,14-16H2,1-4H3,(H,33,42)(H,40,41). The van der Waals surface area contributed by atoms with Crippen LogP contribution in [0.25, 0.3) is 33.6 Å². The second kappa shape index (κ2) is 10.7. The predicted octanol–water partition coefficient (Wildman–Crippen LogP) is 4.56. The quantitative estimate of drug-likeness (QED) is 0.308. The van der Waals surface area contributed by atoms with Gasteiger partial charge in [-0.25, -0.2) is 23.9 Å². The number of alkyl carbamates (subject to hydrolysis) is 1. The summed E-state index contributed by atoms with van der Waals surface area (Å²) >= 11 is 0. The first-order chi connectivity index (χ1) is 20.4. The van der Waals surface area contributed by atoms with Gasteiger partial charge in [-0.15, -0.1) is 0 Å². The Hall–Kier alpha value is -4.48. The number of alkyl halides is 1. The molecule has 1 fully saturated rings. The van der Waals surface area contributed by atoms with Gasteiger partial charge >= 0.3 is 12.1 Å². The van der Waals surface area contributed by atoms with E-state index in [0.29, 0.717) is 41.4 Å². The second-order valence-electron chi connectivity index (χ2n) is 12.5.